The number of hydrogen-bond acceptors (Lipinski definition) is 3. The van der Waals surface area contributed by atoms with Crippen LogP contribution in [0.5, 0.6) is 0 Å². The lowest BCUT2D eigenvalue weighted by atomic mass is 9.92. The fraction of sp³-hybridized carbons (Fsp3) is 0.417. The predicted octanol–water partition coefficient (Wildman–Crippen LogP) is 4.27. The first kappa shape index (κ1) is 23.2. The molecule has 0 radical (unpaired) electrons. The maximum absolute atomic E-state index is 12.9. The van der Waals surface area contributed by atoms with Gasteiger partial charge in [-0.3, -0.25) is 9.36 Å². The van der Waals surface area contributed by atoms with E-state index in [0.29, 0.717) is 24.9 Å². The molecule has 1 heterocycles. The van der Waals surface area contributed by atoms with E-state index in [9.17, 15) is 24.2 Å². The Balaban J connectivity index is 1.57. The van der Waals surface area contributed by atoms with Crippen molar-refractivity contribution in [3.05, 3.63) is 71.3 Å². The number of aliphatic carboxylic acids is 1. The molecule has 0 fully saturated rings. The van der Waals surface area contributed by atoms with Crippen LogP contribution in [0.4, 0.5) is 0 Å². The number of rotatable bonds is 9. The maximum atomic E-state index is 12.9. The van der Waals surface area contributed by atoms with Crippen LogP contribution >= 0.6 is 7.37 Å². The number of carbonyl (C=O) groups is 2. The lowest BCUT2D eigenvalue weighted by Gasteiger charge is -2.35. The molecule has 2 aromatic carbocycles. The second kappa shape index (κ2) is 10.3. The third kappa shape index (κ3) is 5.84. The van der Waals surface area contributed by atoms with E-state index in [1.807, 2.05) is 42.5 Å². The molecule has 6 nitrogen and oxygen atoms in total. The summed E-state index contributed by atoms with van der Waals surface area (Å²) in [6.07, 6.45) is 2.88. The fourth-order valence-electron chi connectivity index (χ4n) is 4.15. The Morgan fingerprint density at radius 3 is 2.48 bits per heavy atom. The van der Waals surface area contributed by atoms with Gasteiger partial charge in [-0.25, -0.2) is 4.79 Å². The second-order valence-electron chi connectivity index (χ2n) is 8.25. The molecule has 3 atom stereocenters. The topological polar surface area (TPSA) is 94.9 Å². The lowest BCUT2D eigenvalue weighted by molar-refractivity contribution is -0.151. The van der Waals surface area contributed by atoms with Crippen molar-refractivity contribution in [1.29, 1.82) is 0 Å². The molecule has 0 saturated carbocycles. The standard InChI is InChI=1S/C24H30NO5P/c1-18(31(29,30)16-8-7-11-19-9-3-2-4-10-19)17-22(26)25-15-14-20-12-5-6-13-21(20)23(25)24(27)28/h2-6,9-10,12-13,18,23H,7-8,11,14-17H2,1H3,(H,27,28)(H,29,30). The largest absolute Gasteiger partial charge is 0.479 e. The van der Waals surface area contributed by atoms with E-state index in [4.69, 9.17) is 0 Å². The molecule has 2 N–H and O–H groups in total. The van der Waals surface area contributed by atoms with Gasteiger partial charge in [-0.15, -0.1) is 0 Å². The smallest absolute Gasteiger partial charge is 0.331 e. The van der Waals surface area contributed by atoms with E-state index in [0.717, 1.165) is 18.4 Å². The molecule has 0 aliphatic carbocycles. The van der Waals surface area contributed by atoms with Gasteiger partial charge in [0.15, 0.2) is 6.04 Å². The van der Waals surface area contributed by atoms with Gasteiger partial charge in [-0.05, 0) is 42.4 Å². The van der Waals surface area contributed by atoms with Gasteiger partial charge in [0.05, 0.1) is 0 Å². The zero-order valence-corrected chi connectivity index (χ0v) is 18.7. The van der Waals surface area contributed by atoms with Crippen LogP contribution < -0.4 is 0 Å². The van der Waals surface area contributed by atoms with E-state index >= 15 is 0 Å². The first-order valence-corrected chi connectivity index (χ1v) is 12.7. The summed E-state index contributed by atoms with van der Waals surface area (Å²) in [5.41, 5.74) is 2.04. The fourth-order valence-corrected chi connectivity index (χ4v) is 5.71. The highest BCUT2D eigenvalue weighted by Gasteiger charge is 2.38. The minimum atomic E-state index is -3.51. The Labute approximate surface area is 183 Å². The first-order chi connectivity index (χ1) is 14.8. The number of unbranched alkanes of at least 4 members (excludes halogenated alkanes) is 1. The van der Waals surface area contributed by atoms with Crippen LogP contribution in [-0.4, -0.2) is 45.1 Å². The SMILES string of the molecule is CC(CC(=O)N1CCc2ccccc2C1C(=O)O)P(=O)(O)CCCCc1ccccc1. The summed E-state index contributed by atoms with van der Waals surface area (Å²) in [6.45, 7) is 1.91. The minimum Gasteiger partial charge on any atom is -0.479 e. The maximum Gasteiger partial charge on any atom is 0.331 e. The summed E-state index contributed by atoms with van der Waals surface area (Å²) in [4.78, 5) is 36.7. The number of carboxylic acid groups (broad SMARTS) is 1. The predicted molar refractivity (Wildman–Crippen MR) is 120 cm³/mol. The van der Waals surface area contributed by atoms with Gasteiger partial charge in [0.25, 0.3) is 0 Å². The van der Waals surface area contributed by atoms with E-state index in [1.54, 1.807) is 19.1 Å². The Morgan fingerprint density at radius 1 is 1.10 bits per heavy atom. The monoisotopic (exact) mass is 443 g/mol. The van der Waals surface area contributed by atoms with Gasteiger partial charge >= 0.3 is 5.97 Å². The third-order valence-electron chi connectivity index (χ3n) is 6.03. The molecule has 0 bridgehead atoms. The van der Waals surface area contributed by atoms with Crippen LogP contribution in [0.3, 0.4) is 0 Å². The van der Waals surface area contributed by atoms with Gasteiger partial charge in [0.2, 0.25) is 13.3 Å². The van der Waals surface area contributed by atoms with Crippen molar-refractivity contribution in [3.63, 3.8) is 0 Å². The molecular formula is C24H30NO5P. The van der Waals surface area contributed by atoms with Gasteiger partial charge < -0.3 is 14.9 Å². The quantitative estimate of drug-likeness (QED) is 0.446. The molecule has 2 aromatic rings. The van der Waals surface area contributed by atoms with Crippen molar-refractivity contribution in [2.24, 2.45) is 0 Å². The van der Waals surface area contributed by atoms with Crippen LogP contribution in [0.25, 0.3) is 0 Å². The average Bonchev–Trinajstić information content (AvgIpc) is 2.76. The van der Waals surface area contributed by atoms with Crippen LogP contribution in [0, 0.1) is 0 Å². The number of hydrogen-bond donors (Lipinski definition) is 2. The summed E-state index contributed by atoms with van der Waals surface area (Å²) in [5.74, 6) is -1.46. The van der Waals surface area contributed by atoms with Gasteiger partial charge in [-0.2, -0.15) is 0 Å². The summed E-state index contributed by atoms with van der Waals surface area (Å²) in [7, 11) is -3.51. The summed E-state index contributed by atoms with van der Waals surface area (Å²) in [5, 5.41) is 9.74. The Kier molecular flexibility index (Phi) is 7.69. The zero-order chi connectivity index (χ0) is 22.4. The van der Waals surface area contributed by atoms with Crippen molar-refractivity contribution in [2.45, 2.75) is 50.7 Å². The van der Waals surface area contributed by atoms with E-state index < -0.39 is 25.0 Å². The van der Waals surface area contributed by atoms with Crippen molar-refractivity contribution in [2.75, 3.05) is 12.7 Å². The highest BCUT2D eigenvalue weighted by Crippen LogP contribution is 2.48. The van der Waals surface area contributed by atoms with E-state index in [2.05, 4.69) is 0 Å². The lowest BCUT2D eigenvalue weighted by Crippen LogP contribution is -2.44. The van der Waals surface area contributed by atoms with Crippen LogP contribution in [-0.2, 0) is 27.0 Å². The molecule has 0 saturated heterocycles. The average molecular weight is 443 g/mol. The molecule has 7 heteroatoms. The van der Waals surface area contributed by atoms with Crippen LogP contribution in [0.15, 0.2) is 54.6 Å². The molecule has 0 aromatic heterocycles. The van der Waals surface area contributed by atoms with Gasteiger partial charge in [0.1, 0.15) is 0 Å². The molecule has 1 aliphatic rings. The number of amides is 1. The summed E-state index contributed by atoms with van der Waals surface area (Å²) in [6, 6.07) is 16.2. The number of fused-ring (bicyclic) bond motifs is 1. The normalized spacial score (nSPS) is 18.6. The molecule has 3 unspecified atom stereocenters. The van der Waals surface area contributed by atoms with Crippen LogP contribution in [0.1, 0.15) is 48.9 Å². The molecule has 166 valence electrons. The van der Waals surface area contributed by atoms with E-state index in [-0.39, 0.29) is 18.5 Å². The Hall–Kier alpha value is -2.43. The van der Waals surface area contributed by atoms with Crippen molar-refractivity contribution >= 4 is 19.2 Å². The molecule has 3 rings (SSSR count). The van der Waals surface area contributed by atoms with Gasteiger partial charge in [-0.1, -0.05) is 61.5 Å². The number of nitrogens with zero attached hydrogens (tertiary/aromatic N) is 1. The van der Waals surface area contributed by atoms with E-state index in [1.165, 1.54) is 10.5 Å². The van der Waals surface area contributed by atoms with Crippen molar-refractivity contribution in [3.8, 4) is 0 Å². The third-order valence-corrected chi connectivity index (χ3v) is 8.55. The number of benzene rings is 2. The minimum absolute atomic E-state index is 0.127. The highest BCUT2D eigenvalue weighted by molar-refractivity contribution is 7.58. The van der Waals surface area contributed by atoms with Crippen molar-refractivity contribution in [1.82, 2.24) is 4.90 Å². The number of carbonyl (C=O) groups excluding carboxylic acids is 1. The van der Waals surface area contributed by atoms with Crippen molar-refractivity contribution < 1.29 is 24.2 Å². The summed E-state index contributed by atoms with van der Waals surface area (Å²) < 4.78 is 12.8. The molecular weight excluding hydrogens is 413 g/mol. The highest BCUT2D eigenvalue weighted by atomic mass is 31.2. The molecule has 0 spiro atoms. The molecule has 1 amide bonds. The number of aryl methyl sites for hydroxylation is 1. The Bertz CT molecular complexity index is 961. The molecule has 1 aliphatic heterocycles. The number of carboxylic acids is 1. The van der Waals surface area contributed by atoms with Crippen LogP contribution in [0.2, 0.25) is 0 Å². The molecule has 31 heavy (non-hydrogen) atoms. The Morgan fingerprint density at radius 2 is 1.77 bits per heavy atom. The van der Waals surface area contributed by atoms with Gasteiger partial charge in [0, 0.05) is 24.8 Å². The second-order valence-corrected chi connectivity index (χ2v) is 11.1. The zero-order valence-electron chi connectivity index (χ0n) is 17.8. The first-order valence-electron chi connectivity index (χ1n) is 10.7. The summed E-state index contributed by atoms with van der Waals surface area (Å²) >= 11 is 0.